The molecule has 340 valence electrons. The topological polar surface area (TPSA) is 162 Å². The van der Waals surface area contributed by atoms with Gasteiger partial charge in [-0.1, -0.05) is 76.9 Å². The Morgan fingerprint density at radius 3 is 1.55 bits per heavy atom. The summed E-state index contributed by atoms with van der Waals surface area (Å²) >= 11 is 12.9. The molecule has 2 aliphatic heterocycles. The van der Waals surface area contributed by atoms with Gasteiger partial charge in [-0.05, 0) is 104 Å². The van der Waals surface area contributed by atoms with Gasteiger partial charge in [-0.25, -0.2) is 4.79 Å². The first-order valence-electron chi connectivity index (χ1n) is 21.9. The van der Waals surface area contributed by atoms with E-state index in [9.17, 15) is 14.7 Å². The lowest BCUT2D eigenvalue weighted by Crippen LogP contribution is -2.42. The van der Waals surface area contributed by atoms with Crippen molar-refractivity contribution in [2.45, 2.75) is 90.3 Å². The Bertz CT molecular complexity index is 2600. The second-order valence-corrected chi connectivity index (χ2v) is 19.3. The number of hydrogen-bond donors (Lipinski definition) is 4. The number of likely N-dealkylation sites (tertiary alicyclic amines) is 1. The Balaban J connectivity index is 0.000000190. The number of aromatic nitrogens is 4. The zero-order valence-electron chi connectivity index (χ0n) is 37.9. The molecule has 11 nitrogen and oxygen atoms in total. The molecule has 65 heavy (non-hydrogen) atoms. The third-order valence-corrected chi connectivity index (χ3v) is 11.8. The minimum absolute atomic E-state index is 0.0445. The van der Waals surface area contributed by atoms with E-state index in [4.69, 9.17) is 33.4 Å². The summed E-state index contributed by atoms with van der Waals surface area (Å²) < 4.78 is 0. The Kier molecular flexibility index (Phi) is 16.3. The van der Waals surface area contributed by atoms with Gasteiger partial charge in [0.2, 0.25) is 0 Å². The summed E-state index contributed by atoms with van der Waals surface area (Å²) in [5, 5.41) is 31.8. The van der Waals surface area contributed by atoms with E-state index in [0.717, 1.165) is 94.7 Å². The summed E-state index contributed by atoms with van der Waals surface area (Å²) in [5.41, 5.74) is 9.91. The SMILES string of the molecule is CC(C)(C)c1cc(-c2cncc(-c3ccc(C(=O)N4CCCC(O)C4)cc3Cl)c2)ccn1.CC(C)(C)c1cc(-c2cncc(-c3ccc(C(=O)O)cc3Cl)c2)ccn1.OC1CCCNC1. The molecule has 2 atom stereocenters. The molecule has 13 heteroatoms. The minimum Gasteiger partial charge on any atom is -0.478 e. The van der Waals surface area contributed by atoms with Crippen LogP contribution in [-0.2, 0) is 10.8 Å². The number of benzene rings is 2. The van der Waals surface area contributed by atoms with Gasteiger partial charge in [0.15, 0.2) is 0 Å². The molecule has 0 aliphatic carbocycles. The van der Waals surface area contributed by atoms with Gasteiger partial charge in [0.1, 0.15) is 0 Å². The van der Waals surface area contributed by atoms with E-state index in [1.807, 2.05) is 36.7 Å². The van der Waals surface area contributed by atoms with Gasteiger partial charge in [-0.2, -0.15) is 0 Å². The van der Waals surface area contributed by atoms with E-state index in [0.29, 0.717) is 28.7 Å². The Hall–Kier alpha value is -5.56. The van der Waals surface area contributed by atoms with Crippen LogP contribution in [0.5, 0.6) is 0 Å². The predicted octanol–water partition coefficient (Wildman–Crippen LogP) is 10.5. The molecule has 2 aliphatic rings. The van der Waals surface area contributed by atoms with Crippen molar-refractivity contribution in [3.8, 4) is 44.5 Å². The number of β-amino-alcohol motifs (C(OH)–C–C–N with tert-alkyl or cyclic N) is 2. The van der Waals surface area contributed by atoms with Gasteiger partial charge in [0, 0.05) is 128 Å². The highest BCUT2D eigenvalue weighted by Gasteiger charge is 2.24. The Labute approximate surface area is 392 Å². The smallest absolute Gasteiger partial charge is 0.335 e. The zero-order valence-corrected chi connectivity index (χ0v) is 39.4. The number of carboxylic acids is 1. The first-order valence-corrected chi connectivity index (χ1v) is 22.7. The fourth-order valence-corrected chi connectivity index (χ4v) is 8.03. The lowest BCUT2D eigenvalue weighted by atomic mass is 9.90. The van der Waals surface area contributed by atoms with Crippen LogP contribution in [0.2, 0.25) is 10.0 Å². The summed E-state index contributed by atoms with van der Waals surface area (Å²) in [6.45, 7) is 15.7. The van der Waals surface area contributed by atoms with Crippen LogP contribution >= 0.6 is 23.2 Å². The third-order valence-electron chi connectivity index (χ3n) is 11.2. The van der Waals surface area contributed by atoms with Gasteiger partial charge >= 0.3 is 5.97 Å². The zero-order chi connectivity index (χ0) is 46.9. The van der Waals surface area contributed by atoms with Crippen LogP contribution in [-0.4, -0.2) is 90.4 Å². The number of nitrogens with one attached hydrogen (secondary N) is 1. The molecule has 0 radical (unpaired) electrons. The number of carbonyl (C=O) groups excluding carboxylic acids is 1. The maximum atomic E-state index is 12.8. The Morgan fingerprint density at radius 2 is 1.12 bits per heavy atom. The standard InChI is InChI=1S/C26H28ClN3O2.C21H19ClN2O2.C5H11NO/c1-26(2,3)24-13-17(8-9-29-24)19-11-20(15-28-14-19)22-7-6-18(12-23(22)27)25(32)30-10-4-5-21(31)16-30;1-21(2,3)19-10-13(6-7-24-19)15-8-16(12-23-11-15)17-5-4-14(20(25)26)9-18(17)22;7-5-2-1-3-6-4-5/h6-9,11-15,21,31H,4-5,10,16H2,1-3H3;4-12H,1-3H3,(H,25,26);5-7H,1-4H2. The predicted molar refractivity (Wildman–Crippen MR) is 259 cm³/mol. The van der Waals surface area contributed by atoms with Crippen molar-refractivity contribution in [2.75, 3.05) is 26.2 Å². The van der Waals surface area contributed by atoms with Crippen molar-refractivity contribution in [3.63, 3.8) is 0 Å². The monoisotopic (exact) mass is 916 g/mol. The van der Waals surface area contributed by atoms with Crippen LogP contribution in [0.15, 0.2) is 110 Å². The maximum Gasteiger partial charge on any atom is 0.335 e. The van der Waals surface area contributed by atoms with Crippen molar-refractivity contribution < 1.29 is 24.9 Å². The Morgan fingerprint density at radius 1 is 0.631 bits per heavy atom. The first-order chi connectivity index (χ1) is 30.9. The quantitative estimate of drug-likeness (QED) is 0.127. The van der Waals surface area contributed by atoms with E-state index >= 15 is 0 Å². The van der Waals surface area contributed by atoms with Gasteiger partial charge in [-0.3, -0.25) is 24.7 Å². The highest BCUT2D eigenvalue weighted by molar-refractivity contribution is 6.34. The van der Waals surface area contributed by atoms with Crippen LogP contribution in [0.1, 0.15) is 99.3 Å². The number of nitrogens with zero attached hydrogens (tertiary/aromatic N) is 5. The van der Waals surface area contributed by atoms with E-state index < -0.39 is 12.1 Å². The minimum atomic E-state index is -1.00. The molecule has 4 N–H and O–H groups in total. The van der Waals surface area contributed by atoms with E-state index in [-0.39, 0.29) is 28.4 Å². The summed E-state index contributed by atoms with van der Waals surface area (Å²) in [7, 11) is 0. The van der Waals surface area contributed by atoms with Crippen molar-refractivity contribution in [3.05, 3.63) is 143 Å². The van der Waals surface area contributed by atoms with Crippen LogP contribution in [0.4, 0.5) is 0 Å². The fraction of sp³-hybridized carbons (Fsp3) is 0.346. The van der Waals surface area contributed by atoms with Gasteiger partial charge in [0.25, 0.3) is 5.91 Å². The number of aliphatic hydroxyl groups excluding tert-OH is 2. The van der Waals surface area contributed by atoms with E-state index in [2.05, 4.69) is 85.0 Å². The number of hydrogen-bond acceptors (Lipinski definition) is 9. The highest BCUT2D eigenvalue weighted by atomic mass is 35.5. The summed E-state index contributed by atoms with van der Waals surface area (Å²) in [4.78, 5) is 43.3. The van der Waals surface area contributed by atoms with Gasteiger partial charge in [-0.15, -0.1) is 0 Å². The normalized spacial score (nSPS) is 16.4. The molecule has 4 aromatic heterocycles. The molecule has 0 spiro atoms. The summed E-state index contributed by atoms with van der Waals surface area (Å²) in [6.07, 6.45) is 13.9. The number of piperidine rings is 2. The first kappa shape index (κ1) is 48.9. The molecule has 0 saturated carbocycles. The number of aromatic carboxylic acids is 1. The number of amides is 1. The average Bonchev–Trinajstić information content (AvgIpc) is 3.29. The largest absolute Gasteiger partial charge is 0.478 e. The maximum absolute atomic E-state index is 12.8. The molecule has 1 amide bonds. The third kappa shape index (κ3) is 13.3. The lowest BCUT2D eigenvalue weighted by Gasteiger charge is -2.30. The van der Waals surface area contributed by atoms with Crippen LogP contribution < -0.4 is 5.32 Å². The average molecular weight is 918 g/mol. The second-order valence-electron chi connectivity index (χ2n) is 18.5. The fourth-order valence-electron chi connectivity index (χ4n) is 7.45. The van der Waals surface area contributed by atoms with Crippen molar-refractivity contribution in [1.82, 2.24) is 30.2 Å². The molecule has 2 unspecified atom stereocenters. The van der Waals surface area contributed by atoms with Crippen LogP contribution in [0, 0.1) is 0 Å². The number of pyridine rings is 4. The highest BCUT2D eigenvalue weighted by Crippen LogP contribution is 2.34. The van der Waals surface area contributed by atoms with Gasteiger partial charge < -0.3 is 25.5 Å². The lowest BCUT2D eigenvalue weighted by molar-refractivity contribution is 0.0473. The number of halogens is 2. The molecular formula is C52H58Cl2N6O5. The molecule has 0 bridgehead atoms. The summed E-state index contributed by atoms with van der Waals surface area (Å²) in [5.74, 6) is -1.10. The molecule has 6 aromatic rings. The second kappa shape index (κ2) is 21.6. The molecule has 2 aromatic carbocycles. The molecule has 6 heterocycles. The van der Waals surface area contributed by atoms with Gasteiger partial charge in [0.05, 0.1) is 17.8 Å². The van der Waals surface area contributed by atoms with Crippen LogP contribution in [0.3, 0.4) is 0 Å². The van der Waals surface area contributed by atoms with Crippen molar-refractivity contribution in [2.24, 2.45) is 0 Å². The molecule has 2 saturated heterocycles. The van der Waals surface area contributed by atoms with Crippen molar-refractivity contribution in [1.29, 1.82) is 0 Å². The number of carbonyl (C=O) groups is 2. The van der Waals surface area contributed by atoms with E-state index in [1.165, 1.54) is 6.07 Å². The molecule has 2 fully saturated rings. The summed E-state index contributed by atoms with van der Waals surface area (Å²) in [6, 6.07) is 22.2. The number of carboxylic acid groups (broad SMARTS) is 1. The number of aliphatic hydroxyl groups is 2. The number of rotatable bonds is 6. The van der Waals surface area contributed by atoms with E-state index in [1.54, 1.807) is 54.0 Å². The molecule has 8 rings (SSSR count). The van der Waals surface area contributed by atoms with Crippen molar-refractivity contribution >= 4 is 35.1 Å². The van der Waals surface area contributed by atoms with Crippen LogP contribution in [0.25, 0.3) is 44.5 Å². The molecular weight excluding hydrogens is 860 g/mol.